The van der Waals surface area contributed by atoms with E-state index in [-0.39, 0.29) is 5.97 Å². The summed E-state index contributed by atoms with van der Waals surface area (Å²) in [7, 11) is 0. The zero-order valence-electron chi connectivity index (χ0n) is 14.8. The molecule has 0 saturated carbocycles. The Bertz CT molecular complexity index is 915. The quantitative estimate of drug-likeness (QED) is 0.358. The lowest BCUT2D eigenvalue weighted by Gasteiger charge is -2.02. The molecule has 0 spiro atoms. The molecule has 0 fully saturated rings. The van der Waals surface area contributed by atoms with Crippen molar-refractivity contribution in [2.45, 2.75) is 13.5 Å². The number of nitrogens with one attached hydrogen (secondary N) is 1. The first-order valence-electron chi connectivity index (χ1n) is 8.53. The van der Waals surface area contributed by atoms with Gasteiger partial charge >= 0.3 is 5.97 Å². The molecule has 3 rings (SSSR count). The number of hydrogen-bond acceptors (Lipinski definition) is 5. The average Bonchev–Trinajstić information content (AvgIpc) is 3.16. The molecule has 27 heavy (non-hydrogen) atoms. The molecule has 5 nitrogen and oxygen atoms in total. The summed E-state index contributed by atoms with van der Waals surface area (Å²) < 4.78 is 10.7. The van der Waals surface area contributed by atoms with Gasteiger partial charge in [-0.1, -0.05) is 35.9 Å². The maximum atomic E-state index is 11.7. The van der Waals surface area contributed by atoms with Crippen molar-refractivity contribution < 1.29 is 13.9 Å². The Balaban J connectivity index is 1.57. The molecule has 2 aromatic carbocycles. The van der Waals surface area contributed by atoms with E-state index >= 15 is 0 Å². The van der Waals surface area contributed by atoms with E-state index in [1.54, 1.807) is 25.3 Å². The monoisotopic (exact) mass is 382 g/mol. The topological polar surface area (TPSA) is 63.8 Å². The van der Waals surface area contributed by atoms with E-state index in [2.05, 4.69) is 10.5 Å². The third-order valence-electron chi connectivity index (χ3n) is 3.79. The first-order chi connectivity index (χ1) is 13.2. The van der Waals surface area contributed by atoms with Crippen LogP contribution in [0.4, 0.5) is 0 Å². The number of rotatable bonds is 7. The second-order valence-electron chi connectivity index (χ2n) is 5.72. The van der Waals surface area contributed by atoms with Crippen LogP contribution < -0.4 is 5.43 Å². The van der Waals surface area contributed by atoms with Crippen LogP contribution in [0.15, 0.2) is 70.2 Å². The van der Waals surface area contributed by atoms with Crippen molar-refractivity contribution in [3.8, 4) is 11.3 Å². The van der Waals surface area contributed by atoms with Gasteiger partial charge in [0.15, 0.2) is 0 Å². The Morgan fingerprint density at radius 1 is 1.11 bits per heavy atom. The van der Waals surface area contributed by atoms with E-state index < -0.39 is 0 Å². The molecule has 3 aromatic rings. The van der Waals surface area contributed by atoms with Crippen molar-refractivity contribution in [1.82, 2.24) is 5.43 Å². The predicted molar refractivity (Wildman–Crippen MR) is 106 cm³/mol. The summed E-state index contributed by atoms with van der Waals surface area (Å²) in [5.41, 5.74) is 5.43. The molecule has 0 aliphatic heterocycles. The number of carbonyl (C=O) groups excluding carboxylic acids is 1. The van der Waals surface area contributed by atoms with Gasteiger partial charge < -0.3 is 14.6 Å². The first-order valence-corrected chi connectivity index (χ1v) is 8.91. The van der Waals surface area contributed by atoms with Crippen LogP contribution in [0, 0.1) is 0 Å². The highest BCUT2D eigenvalue weighted by atomic mass is 35.5. The summed E-state index contributed by atoms with van der Waals surface area (Å²) in [6.45, 7) is 2.73. The number of ether oxygens (including phenoxy) is 1. The van der Waals surface area contributed by atoms with Gasteiger partial charge in [0.25, 0.3) is 0 Å². The molecular weight excluding hydrogens is 364 g/mol. The summed E-state index contributed by atoms with van der Waals surface area (Å²) in [6, 6.07) is 18.3. The smallest absolute Gasteiger partial charge is 0.338 e. The third kappa shape index (κ3) is 5.21. The lowest BCUT2D eigenvalue weighted by Crippen LogP contribution is -2.05. The Morgan fingerprint density at radius 3 is 2.56 bits per heavy atom. The van der Waals surface area contributed by atoms with Gasteiger partial charge in [0.05, 0.1) is 24.9 Å². The number of benzene rings is 2. The molecule has 0 atom stereocenters. The molecule has 1 N–H and O–H groups in total. The Morgan fingerprint density at radius 2 is 1.85 bits per heavy atom. The van der Waals surface area contributed by atoms with Gasteiger partial charge in [-0.2, -0.15) is 5.10 Å². The molecule has 1 heterocycles. The lowest BCUT2D eigenvalue weighted by molar-refractivity contribution is 0.0526. The van der Waals surface area contributed by atoms with Crippen molar-refractivity contribution in [3.63, 3.8) is 0 Å². The molecule has 6 heteroatoms. The van der Waals surface area contributed by atoms with Gasteiger partial charge in [-0.3, -0.25) is 0 Å². The van der Waals surface area contributed by atoms with Crippen molar-refractivity contribution >= 4 is 23.8 Å². The van der Waals surface area contributed by atoms with Gasteiger partial charge in [-0.05, 0) is 48.9 Å². The Hall–Kier alpha value is -3.05. The number of carbonyl (C=O) groups is 1. The van der Waals surface area contributed by atoms with Gasteiger partial charge in [-0.25, -0.2) is 4.79 Å². The molecule has 0 unspecified atom stereocenters. The fraction of sp³-hybridized carbons (Fsp3) is 0.143. The number of esters is 1. The summed E-state index contributed by atoms with van der Waals surface area (Å²) in [4.78, 5) is 11.7. The SMILES string of the molecule is CCOC(=O)c1ccc(-c2ccc(/C=N\NCc3ccc(Cl)cc3)o2)cc1. The van der Waals surface area contributed by atoms with Crippen LogP contribution in [0.25, 0.3) is 11.3 Å². The van der Waals surface area contributed by atoms with Crippen molar-refractivity contribution in [3.05, 3.63) is 82.6 Å². The molecule has 0 radical (unpaired) electrons. The van der Waals surface area contributed by atoms with Crippen LogP contribution in [-0.2, 0) is 11.3 Å². The number of halogens is 1. The summed E-state index contributed by atoms with van der Waals surface area (Å²) in [6.07, 6.45) is 1.62. The minimum Gasteiger partial charge on any atom is -0.462 e. The van der Waals surface area contributed by atoms with Crippen molar-refractivity contribution in [1.29, 1.82) is 0 Å². The van der Waals surface area contributed by atoms with E-state index in [0.717, 1.165) is 11.1 Å². The molecule has 1 aromatic heterocycles. The van der Waals surface area contributed by atoms with Crippen LogP contribution in [0.1, 0.15) is 28.6 Å². The molecule has 0 amide bonds. The van der Waals surface area contributed by atoms with Crippen molar-refractivity contribution in [2.75, 3.05) is 6.61 Å². The van der Waals surface area contributed by atoms with Gasteiger partial charge in [0, 0.05) is 10.6 Å². The molecule has 0 aliphatic rings. The van der Waals surface area contributed by atoms with E-state index in [4.69, 9.17) is 20.8 Å². The molecule has 0 aliphatic carbocycles. The number of hydrogen-bond donors (Lipinski definition) is 1. The highest BCUT2D eigenvalue weighted by Crippen LogP contribution is 2.22. The summed E-state index contributed by atoms with van der Waals surface area (Å²) in [5, 5.41) is 4.87. The number of hydrazone groups is 1. The highest BCUT2D eigenvalue weighted by Gasteiger charge is 2.08. The molecule has 0 saturated heterocycles. The fourth-order valence-corrected chi connectivity index (χ4v) is 2.54. The van der Waals surface area contributed by atoms with Gasteiger partial charge in [0.2, 0.25) is 0 Å². The summed E-state index contributed by atoms with van der Waals surface area (Å²) in [5.74, 6) is 0.996. The Labute approximate surface area is 162 Å². The molecular formula is C21H19ClN2O3. The minimum absolute atomic E-state index is 0.330. The second-order valence-corrected chi connectivity index (χ2v) is 6.16. The van der Waals surface area contributed by atoms with Gasteiger partial charge in [-0.15, -0.1) is 0 Å². The van der Waals surface area contributed by atoms with Gasteiger partial charge in [0.1, 0.15) is 11.5 Å². The lowest BCUT2D eigenvalue weighted by atomic mass is 10.1. The number of nitrogens with zero attached hydrogens (tertiary/aromatic N) is 1. The number of furan rings is 1. The Kier molecular flexibility index (Phi) is 6.28. The standard InChI is InChI=1S/C21H19ClN2O3/c1-2-26-21(25)17-7-5-16(6-8-17)20-12-11-19(27-20)14-24-23-13-15-3-9-18(22)10-4-15/h3-12,14,23H,2,13H2,1H3/b24-14-. The zero-order chi connectivity index (χ0) is 19.1. The minimum atomic E-state index is -0.330. The molecule has 0 bridgehead atoms. The van der Waals surface area contributed by atoms with Crippen LogP contribution in [0.2, 0.25) is 5.02 Å². The zero-order valence-corrected chi connectivity index (χ0v) is 15.6. The second kappa shape index (κ2) is 9.05. The largest absolute Gasteiger partial charge is 0.462 e. The highest BCUT2D eigenvalue weighted by molar-refractivity contribution is 6.30. The van der Waals surface area contributed by atoms with Crippen LogP contribution in [0.5, 0.6) is 0 Å². The maximum absolute atomic E-state index is 11.7. The fourth-order valence-electron chi connectivity index (χ4n) is 2.41. The van der Waals surface area contributed by atoms with E-state index in [1.807, 2.05) is 48.5 Å². The first kappa shape index (κ1) is 18.7. The van der Waals surface area contributed by atoms with E-state index in [9.17, 15) is 4.79 Å². The van der Waals surface area contributed by atoms with Crippen LogP contribution in [-0.4, -0.2) is 18.8 Å². The maximum Gasteiger partial charge on any atom is 0.338 e. The molecule has 138 valence electrons. The van der Waals surface area contributed by atoms with E-state index in [0.29, 0.717) is 35.3 Å². The van der Waals surface area contributed by atoms with Crippen molar-refractivity contribution in [2.24, 2.45) is 5.10 Å². The predicted octanol–water partition coefficient (Wildman–Crippen LogP) is 4.90. The van der Waals surface area contributed by atoms with Crippen LogP contribution >= 0.6 is 11.6 Å². The summed E-state index contributed by atoms with van der Waals surface area (Å²) >= 11 is 5.86. The van der Waals surface area contributed by atoms with E-state index in [1.165, 1.54) is 0 Å². The average molecular weight is 383 g/mol. The third-order valence-corrected chi connectivity index (χ3v) is 4.04. The normalized spacial score (nSPS) is 10.9. The van der Waals surface area contributed by atoms with Crippen LogP contribution in [0.3, 0.4) is 0 Å².